The zero-order valence-electron chi connectivity index (χ0n) is 9.11. The van der Waals surface area contributed by atoms with E-state index in [1.165, 1.54) is 0 Å². The van der Waals surface area contributed by atoms with E-state index in [-0.39, 0.29) is 36.6 Å². The van der Waals surface area contributed by atoms with Gasteiger partial charge in [-0.3, -0.25) is 0 Å². The predicted molar refractivity (Wildman–Crippen MR) is 49.5 cm³/mol. The molecule has 5 heteroatoms. The molecular formula is C10H6N3NaO. The van der Waals surface area contributed by atoms with Crippen molar-refractivity contribution >= 4 is 5.70 Å². The molecule has 0 unspecified atom stereocenters. The largest absolute Gasteiger partial charge is 1.00 e. The van der Waals surface area contributed by atoms with Crippen molar-refractivity contribution in [2.45, 2.75) is 0 Å². The standard InChI is InChI=1S/C10H5N3O.Na.H/c11-5-7(6-12)10-8-3-1-2-4-9(8)14-13-10;;/h1-4,13H;;/q;+1;-1. The minimum absolute atomic E-state index is 0. The average Bonchev–Trinajstić information content (AvgIpc) is 2.65. The number of nitrogens with zero attached hydrogens (tertiary/aromatic N) is 2. The zero-order chi connectivity index (χ0) is 9.97. The fourth-order valence-electron chi connectivity index (χ4n) is 1.25. The predicted octanol–water partition coefficient (Wildman–Crippen LogP) is -1.54. The first-order chi connectivity index (χ1) is 6.86. The molecule has 0 bridgehead atoms. The van der Waals surface area contributed by atoms with Crippen LogP contribution in [0.2, 0.25) is 0 Å². The van der Waals surface area contributed by atoms with Gasteiger partial charge in [0.25, 0.3) is 0 Å². The molecule has 0 saturated carbocycles. The van der Waals surface area contributed by atoms with E-state index < -0.39 is 0 Å². The van der Waals surface area contributed by atoms with E-state index in [0.29, 0.717) is 11.4 Å². The van der Waals surface area contributed by atoms with E-state index in [1.54, 1.807) is 12.1 Å². The topological polar surface area (TPSA) is 68.8 Å². The van der Waals surface area contributed by atoms with Crippen LogP contribution in [0, 0.1) is 22.7 Å². The van der Waals surface area contributed by atoms with Gasteiger partial charge in [0, 0.05) is 5.56 Å². The SMILES string of the molecule is N#CC(C#N)=C1NOc2ccccc21.[H-].[Na+]. The van der Waals surface area contributed by atoms with Crippen LogP contribution in [0.1, 0.15) is 6.99 Å². The van der Waals surface area contributed by atoms with E-state index >= 15 is 0 Å². The van der Waals surface area contributed by atoms with Crippen molar-refractivity contribution in [3.8, 4) is 17.9 Å². The maximum Gasteiger partial charge on any atom is 1.00 e. The molecule has 0 radical (unpaired) electrons. The minimum Gasteiger partial charge on any atom is -1.00 e. The van der Waals surface area contributed by atoms with Crippen LogP contribution < -0.4 is 39.9 Å². The molecule has 15 heavy (non-hydrogen) atoms. The summed E-state index contributed by atoms with van der Waals surface area (Å²) in [6.45, 7) is 0. The first-order valence-electron chi connectivity index (χ1n) is 3.93. The third kappa shape index (κ3) is 1.98. The van der Waals surface area contributed by atoms with E-state index in [1.807, 2.05) is 24.3 Å². The molecule has 0 fully saturated rings. The van der Waals surface area contributed by atoms with Crippen LogP contribution in [0.4, 0.5) is 0 Å². The Labute approximate surface area is 110 Å². The van der Waals surface area contributed by atoms with Crippen molar-refractivity contribution in [3.05, 3.63) is 35.4 Å². The van der Waals surface area contributed by atoms with Crippen molar-refractivity contribution in [2.75, 3.05) is 0 Å². The molecule has 0 saturated heterocycles. The summed E-state index contributed by atoms with van der Waals surface area (Å²) in [5, 5.41) is 17.4. The maximum absolute atomic E-state index is 8.69. The van der Waals surface area contributed by atoms with Crippen molar-refractivity contribution in [1.82, 2.24) is 5.48 Å². The summed E-state index contributed by atoms with van der Waals surface area (Å²) < 4.78 is 0. The number of nitriles is 2. The molecular weight excluding hydrogens is 201 g/mol. The van der Waals surface area contributed by atoms with Crippen LogP contribution in [0.3, 0.4) is 0 Å². The van der Waals surface area contributed by atoms with Crippen LogP contribution in [-0.2, 0) is 0 Å². The summed E-state index contributed by atoms with van der Waals surface area (Å²) in [5.41, 5.74) is 3.76. The number of nitrogens with one attached hydrogen (secondary N) is 1. The Hall–Kier alpha value is -1.46. The molecule has 1 aliphatic rings. The molecule has 2 rings (SSSR count). The van der Waals surface area contributed by atoms with Crippen LogP contribution in [0.15, 0.2) is 29.8 Å². The van der Waals surface area contributed by atoms with Gasteiger partial charge < -0.3 is 6.26 Å². The maximum atomic E-state index is 8.69. The van der Waals surface area contributed by atoms with Gasteiger partial charge in [0.05, 0.1) is 0 Å². The summed E-state index contributed by atoms with van der Waals surface area (Å²) in [4.78, 5) is 5.09. The second-order valence-electron chi connectivity index (χ2n) is 2.67. The number of hydrogen-bond acceptors (Lipinski definition) is 4. The number of rotatable bonds is 0. The van der Waals surface area contributed by atoms with Crippen LogP contribution in [0.25, 0.3) is 5.70 Å². The third-order valence-corrected chi connectivity index (χ3v) is 1.89. The summed E-state index contributed by atoms with van der Waals surface area (Å²) in [6.07, 6.45) is 0. The second-order valence-corrected chi connectivity index (χ2v) is 2.67. The Morgan fingerprint density at radius 2 is 1.93 bits per heavy atom. The quantitative estimate of drug-likeness (QED) is 0.413. The Balaban J connectivity index is 0.00000112. The molecule has 0 atom stereocenters. The fourth-order valence-corrected chi connectivity index (χ4v) is 1.25. The van der Waals surface area contributed by atoms with Gasteiger partial charge >= 0.3 is 29.6 Å². The van der Waals surface area contributed by atoms with Gasteiger partial charge in [0.15, 0.2) is 11.3 Å². The summed E-state index contributed by atoms with van der Waals surface area (Å²) in [7, 11) is 0. The molecule has 68 valence electrons. The normalized spacial score (nSPS) is 10.9. The van der Waals surface area contributed by atoms with Gasteiger partial charge in [0.1, 0.15) is 17.8 Å². The van der Waals surface area contributed by atoms with Crippen molar-refractivity contribution in [3.63, 3.8) is 0 Å². The minimum atomic E-state index is 0. The number of benzene rings is 1. The smallest absolute Gasteiger partial charge is 1.00 e. The van der Waals surface area contributed by atoms with Crippen LogP contribution in [0.5, 0.6) is 5.75 Å². The van der Waals surface area contributed by atoms with Gasteiger partial charge in [-0.15, -0.1) is 0 Å². The molecule has 1 heterocycles. The number of hydrogen-bond donors (Lipinski definition) is 1. The van der Waals surface area contributed by atoms with Crippen molar-refractivity contribution in [1.29, 1.82) is 10.5 Å². The molecule has 1 aliphatic heterocycles. The fraction of sp³-hybridized carbons (Fsp3) is 0. The Bertz CT molecular complexity index is 486. The summed E-state index contributed by atoms with van der Waals surface area (Å²) >= 11 is 0. The molecule has 0 aromatic heterocycles. The average molecular weight is 207 g/mol. The van der Waals surface area contributed by atoms with Gasteiger partial charge in [-0.25, -0.2) is 5.48 Å². The molecule has 0 amide bonds. The molecule has 1 aromatic rings. The molecule has 0 aliphatic carbocycles. The van der Waals surface area contributed by atoms with Crippen molar-refractivity contribution < 1.29 is 35.8 Å². The summed E-state index contributed by atoms with van der Waals surface area (Å²) in [5.74, 6) is 0.630. The molecule has 1 aromatic carbocycles. The number of hydroxylamine groups is 1. The first-order valence-corrected chi connectivity index (χ1v) is 3.93. The van der Waals surface area contributed by atoms with Gasteiger partial charge in [-0.1, -0.05) is 12.1 Å². The third-order valence-electron chi connectivity index (χ3n) is 1.89. The number of para-hydroxylation sites is 1. The van der Waals surface area contributed by atoms with Crippen LogP contribution >= 0.6 is 0 Å². The molecule has 4 nitrogen and oxygen atoms in total. The zero-order valence-corrected chi connectivity index (χ0v) is 10.1. The Kier molecular flexibility index (Phi) is 3.76. The van der Waals surface area contributed by atoms with E-state index in [4.69, 9.17) is 15.4 Å². The van der Waals surface area contributed by atoms with E-state index in [9.17, 15) is 0 Å². The van der Waals surface area contributed by atoms with E-state index in [2.05, 4.69) is 5.48 Å². The van der Waals surface area contributed by atoms with Gasteiger partial charge in [-0.05, 0) is 12.1 Å². The van der Waals surface area contributed by atoms with Gasteiger partial charge in [-0.2, -0.15) is 10.5 Å². The monoisotopic (exact) mass is 207 g/mol. The number of fused-ring (bicyclic) bond motifs is 1. The number of allylic oxidation sites excluding steroid dienone is 1. The summed E-state index contributed by atoms with van der Waals surface area (Å²) in [6, 6.07) is 10.8. The first kappa shape index (κ1) is 11.6. The van der Waals surface area contributed by atoms with E-state index in [0.717, 1.165) is 5.56 Å². The van der Waals surface area contributed by atoms with Crippen molar-refractivity contribution in [2.24, 2.45) is 0 Å². The van der Waals surface area contributed by atoms with Crippen LogP contribution in [-0.4, -0.2) is 0 Å². The Morgan fingerprint density at radius 3 is 2.60 bits per heavy atom. The van der Waals surface area contributed by atoms with Gasteiger partial charge in [0.2, 0.25) is 0 Å². The molecule has 0 spiro atoms. The Morgan fingerprint density at radius 1 is 1.27 bits per heavy atom. The second kappa shape index (κ2) is 4.86. The molecule has 1 N–H and O–H groups in total.